The van der Waals surface area contributed by atoms with Crippen LogP contribution in [0.4, 0.5) is 0 Å². The molecular weight excluding hydrogens is 222 g/mol. The molecule has 2 aromatic rings. The van der Waals surface area contributed by atoms with Gasteiger partial charge in [0.15, 0.2) is 5.82 Å². The summed E-state index contributed by atoms with van der Waals surface area (Å²) in [5.74, 6) is 1.05. The zero-order valence-corrected chi connectivity index (χ0v) is 9.99. The van der Waals surface area contributed by atoms with Crippen molar-refractivity contribution >= 4 is 11.8 Å². The van der Waals surface area contributed by atoms with E-state index in [9.17, 15) is 0 Å². The molecule has 1 unspecified atom stereocenters. The third-order valence-electron chi connectivity index (χ3n) is 2.19. The van der Waals surface area contributed by atoms with Gasteiger partial charge in [0.05, 0.1) is 6.04 Å². The summed E-state index contributed by atoms with van der Waals surface area (Å²) in [6.07, 6.45) is 2.04. The van der Waals surface area contributed by atoms with Gasteiger partial charge in [-0.05, 0) is 37.4 Å². The fourth-order valence-electron chi connectivity index (χ4n) is 1.27. The van der Waals surface area contributed by atoms with Gasteiger partial charge in [-0.3, -0.25) is 0 Å². The molecule has 2 rings (SSSR count). The van der Waals surface area contributed by atoms with Crippen molar-refractivity contribution in [2.75, 3.05) is 6.26 Å². The van der Waals surface area contributed by atoms with Crippen molar-refractivity contribution < 1.29 is 4.52 Å². The number of benzene rings is 1. The molecule has 0 spiro atoms. The number of hydrogen-bond donors (Lipinski definition) is 1. The Morgan fingerprint density at radius 2 is 2.00 bits per heavy atom. The van der Waals surface area contributed by atoms with E-state index >= 15 is 0 Å². The van der Waals surface area contributed by atoms with Crippen molar-refractivity contribution in [2.45, 2.75) is 17.9 Å². The highest BCUT2D eigenvalue weighted by molar-refractivity contribution is 7.98. The van der Waals surface area contributed by atoms with Gasteiger partial charge in [0.25, 0.3) is 5.89 Å². The summed E-state index contributed by atoms with van der Waals surface area (Å²) in [5.41, 5.74) is 6.58. The van der Waals surface area contributed by atoms with E-state index in [2.05, 4.69) is 10.1 Å². The van der Waals surface area contributed by atoms with Crippen molar-refractivity contribution in [1.82, 2.24) is 10.1 Å². The Hall–Kier alpha value is -1.33. The standard InChI is InChI=1S/C11H13N3OS/c1-7(12)10-13-11(15-14-10)8-3-5-9(16-2)6-4-8/h3-7H,12H2,1-2H3. The maximum absolute atomic E-state index is 5.66. The molecule has 0 saturated carbocycles. The molecule has 0 aliphatic rings. The zero-order chi connectivity index (χ0) is 11.5. The largest absolute Gasteiger partial charge is 0.334 e. The molecule has 16 heavy (non-hydrogen) atoms. The van der Waals surface area contributed by atoms with E-state index in [-0.39, 0.29) is 6.04 Å². The Bertz CT molecular complexity index is 464. The third kappa shape index (κ3) is 2.25. The highest BCUT2D eigenvalue weighted by Gasteiger charge is 2.11. The van der Waals surface area contributed by atoms with Gasteiger partial charge >= 0.3 is 0 Å². The molecular formula is C11H13N3OS. The summed E-state index contributed by atoms with van der Waals surface area (Å²) < 4.78 is 5.14. The fraction of sp³-hybridized carbons (Fsp3) is 0.273. The molecule has 0 bridgehead atoms. The van der Waals surface area contributed by atoms with Gasteiger partial charge in [-0.15, -0.1) is 11.8 Å². The van der Waals surface area contributed by atoms with Crippen LogP contribution in [-0.4, -0.2) is 16.4 Å². The highest BCUT2D eigenvalue weighted by Crippen LogP contribution is 2.22. The van der Waals surface area contributed by atoms with Gasteiger partial charge in [-0.25, -0.2) is 0 Å². The molecule has 1 aromatic carbocycles. The van der Waals surface area contributed by atoms with Crippen LogP contribution in [0.5, 0.6) is 0 Å². The minimum atomic E-state index is -0.206. The lowest BCUT2D eigenvalue weighted by molar-refractivity contribution is 0.418. The van der Waals surface area contributed by atoms with Gasteiger partial charge < -0.3 is 10.3 Å². The second kappa shape index (κ2) is 4.67. The van der Waals surface area contributed by atoms with E-state index in [4.69, 9.17) is 10.3 Å². The van der Waals surface area contributed by atoms with E-state index in [1.807, 2.05) is 37.4 Å². The first-order valence-electron chi connectivity index (χ1n) is 4.94. The minimum Gasteiger partial charge on any atom is -0.334 e. The minimum absolute atomic E-state index is 0.206. The Balaban J connectivity index is 2.28. The van der Waals surface area contributed by atoms with Gasteiger partial charge in [0.2, 0.25) is 0 Å². The van der Waals surface area contributed by atoms with Gasteiger partial charge in [0.1, 0.15) is 0 Å². The molecule has 0 saturated heterocycles. The Kier molecular flexibility index (Phi) is 3.26. The second-order valence-electron chi connectivity index (χ2n) is 3.47. The van der Waals surface area contributed by atoms with Gasteiger partial charge in [-0.2, -0.15) is 4.98 Å². The average Bonchev–Trinajstić information content (AvgIpc) is 2.78. The van der Waals surface area contributed by atoms with Crippen molar-refractivity contribution in [2.24, 2.45) is 5.73 Å². The predicted molar refractivity (Wildman–Crippen MR) is 64.1 cm³/mol. The Labute approximate surface area is 98.2 Å². The lowest BCUT2D eigenvalue weighted by Gasteiger charge is -1.97. The van der Waals surface area contributed by atoms with E-state index < -0.39 is 0 Å². The summed E-state index contributed by atoms with van der Waals surface area (Å²) >= 11 is 1.70. The fourth-order valence-corrected chi connectivity index (χ4v) is 1.68. The summed E-state index contributed by atoms with van der Waals surface area (Å²) in [6, 6.07) is 7.77. The number of hydrogen-bond acceptors (Lipinski definition) is 5. The van der Waals surface area contributed by atoms with Crippen molar-refractivity contribution in [3.63, 3.8) is 0 Å². The first-order valence-corrected chi connectivity index (χ1v) is 6.17. The SMILES string of the molecule is CSc1ccc(-c2nc(C(C)N)no2)cc1. The van der Waals surface area contributed by atoms with Gasteiger partial charge in [-0.1, -0.05) is 5.16 Å². The lowest BCUT2D eigenvalue weighted by Crippen LogP contribution is -2.06. The van der Waals surface area contributed by atoms with Crippen LogP contribution in [0.15, 0.2) is 33.7 Å². The molecule has 4 nitrogen and oxygen atoms in total. The summed E-state index contributed by atoms with van der Waals surface area (Å²) in [4.78, 5) is 5.43. The van der Waals surface area contributed by atoms with Crippen LogP contribution in [0.1, 0.15) is 18.8 Å². The molecule has 2 N–H and O–H groups in total. The maximum Gasteiger partial charge on any atom is 0.257 e. The number of thioether (sulfide) groups is 1. The van der Waals surface area contributed by atoms with Crippen LogP contribution in [0.2, 0.25) is 0 Å². The quantitative estimate of drug-likeness (QED) is 0.828. The average molecular weight is 235 g/mol. The first kappa shape index (κ1) is 11.2. The zero-order valence-electron chi connectivity index (χ0n) is 9.18. The molecule has 1 heterocycles. The van der Waals surface area contributed by atoms with E-state index in [0.29, 0.717) is 11.7 Å². The van der Waals surface area contributed by atoms with Crippen LogP contribution in [0.25, 0.3) is 11.5 Å². The Morgan fingerprint density at radius 3 is 2.50 bits per heavy atom. The van der Waals surface area contributed by atoms with Crippen LogP contribution in [0, 0.1) is 0 Å². The summed E-state index contributed by atoms with van der Waals surface area (Å²) in [6.45, 7) is 1.82. The van der Waals surface area contributed by atoms with Crippen LogP contribution >= 0.6 is 11.8 Å². The van der Waals surface area contributed by atoms with Crippen LogP contribution < -0.4 is 5.73 Å². The van der Waals surface area contributed by atoms with Crippen molar-refractivity contribution in [1.29, 1.82) is 0 Å². The highest BCUT2D eigenvalue weighted by atomic mass is 32.2. The topological polar surface area (TPSA) is 64.9 Å². The van der Waals surface area contributed by atoms with Crippen LogP contribution in [0.3, 0.4) is 0 Å². The number of aromatic nitrogens is 2. The molecule has 0 aliphatic heterocycles. The summed E-state index contributed by atoms with van der Waals surface area (Å²) in [7, 11) is 0. The number of nitrogens with two attached hydrogens (primary N) is 1. The lowest BCUT2D eigenvalue weighted by atomic mass is 10.2. The number of nitrogens with zero attached hydrogens (tertiary/aromatic N) is 2. The molecule has 5 heteroatoms. The Morgan fingerprint density at radius 1 is 1.31 bits per heavy atom. The van der Waals surface area contributed by atoms with E-state index in [0.717, 1.165) is 5.56 Å². The molecule has 0 amide bonds. The molecule has 84 valence electrons. The monoisotopic (exact) mass is 235 g/mol. The van der Waals surface area contributed by atoms with E-state index in [1.54, 1.807) is 11.8 Å². The molecule has 1 aromatic heterocycles. The third-order valence-corrected chi connectivity index (χ3v) is 2.93. The molecule has 0 fully saturated rings. The second-order valence-corrected chi connectivity index (χ2v) is 4.35. The summed E-state index contributed by atoms with van der Waals surface area (Å²) in [5, 5.41) is 3.82. The van der Waals surface area contributed by atoms with E-state index in [1.165, 1.54) is 4.90 Å². The molecule has 1 atom stereocenters. The molecule has 0 aliphatic carbocycles. The van der Waals surface area contributed by atoms with Crippen LogP contribution in [-0.2, 0) is 0 Å². The smallest absolute Gasteiger partial charge is 0.257 e. The van der Waals surface area contributed by atoms with Crippen molar-refractivity contribution in [3.05, 3.63) is 30.1 Å². The van der Waals surface area contributed by atoms with Gasteiger partial charge in [0, 0.05) is 10.5 Å². The normalized spacial score (nSPS) is 12.7. The van der Waals surface area contributed by atoms with Crippen molar-refractivity contribution in [3.8, 4) is 11.5 Å². The first-order chi connectivity index (χ1) is 7.70. The number of rotatable bonds is 3. The maximum atomic E-state index is 5.66. The molecule has 0 radical (unpaired) electrons. The predicted octanol–water partition coefficient (Wildman–Crippen LogP) is 2.48.